The van der Waals surface area contributed by atoms with Crippen LogP contribution in [0.4, 0.5) is 5.69 Å². The zero-order chi connectivity index (χ0) is 18.4. The number of carbonyl (C=O) groups is 1. The summed E-state index contributed by atoms with van der Waals surface area (Å²) in [7, 11) is 0. The monoisotopic (exact) mass is 423 g/mol. The molecule has 1 aliphatic rings. The largest absolute Gasteiger partial charge is 0.325 e. The number of benzene rings is 2. The summed E-state index contributed by atoms with van der Waals surface area (Å²) in [6.45, 7) is 5.66. The Morgan fingerprint density at radius 1 is 1.04 bits per heavy atom. The van der Waals surface area contributed by atoms with Crippen molar-refractivity contribution in [2.75, 3.05) is 18.4 Å². The minimum atomic E-state index is -0.549. The minimum absolute atomic E-state index is 0. The van der Waals surface area contributed by atoms with Gasteiger partial charge in [0.15, 0.2) is 0 Å². The number of nitrogens with zero attached hydrogens (tertiary/aromatic N) is 1. The van der Waals surface area contributed by atoms with Crippen LogP contribution in [0.5, 0.6) is 0 Å². The van der Waals surface area contributed by atoms with Gasteiger partial charge in [0, 0.05) is 12.2 Å². The van der Waals surface area contributed by atoms with Crippen LogP contribution >= 0.6 is 24.8 Å². The average molecular weight is 424 g/mol. The van der Waals surface area contributed by atoms with E-state index in [1.807, 2.05) is 42.5 Å². The zero-order valence-electron chi connectivity index (χ0n) is 16.3. The van der Waals surface area contributed by atoms with Gasteiger partial charge in [-0.25, -0.2) is 0 Å². The topological polar surface area (TPSA) is 58.4 Å². The second kappa shape index (κ2) is 12.1. The van der Waals surface area contributed by atoms with Gasteiger partial charge < -0.3 is 11.1 Å². The molecule has 1 heterocycles. The number of amides is 1. The van der Waals surface area contributed by atoms with E-state index in [0.29, 0.717) is 6.42 Å². The Morgan fingerprint density at radius 2 is 1.64 bits per heavy atom. The van der Waals surface area contributed by atoms with Crippen LogP contribution in [0.15, 0.2) is 54.6 Å². The van der Waals surface area contributed by atoms with E-state index in [1.165, 1.54) is 31.5 Å². The van der Waals surface area contributed by atoms with Crippen molar-refractivity contribution in [1.82, 2.24) is 4.90 Å². The lowest BCUT2D eigenvalue weighted by Crippen LogP contribution is -2.37. The highest BCUT2D eigenvalue weighted by atomic mass is 35.5. The van der Waals surface area contributed by atoms with Crippen molar-refractivity contribution in [1.29, 1.82) is 0 Å². The predicted octanol–water partition coefficient (Wildman–Crippen LogP) is 4.27. The molecule has 28 heavy (non-hydrogen) atoms. The molecule has 0 aromatic heterocycles. The molecule has 2 aromatic rings. The van der Waals surface area contributed by atoms with Gasteiger partial charge in [-0.15, -0.1) is 24.8 Å². The van der Waals surface area contributed by atoms with Crippen LogP contribution < -0.4 is 11.1 Å². The SMILES string of the molecule is CC1CCN(Cc2ccc(NC(=O)C(N)Cc3ccccc3)cc2)CC1.Cl.Cl. The fraction of sp³-hybridized carbons (Fsp3) is 0.409. The summed E-state index contributed by atoms with van der Waals surface area (Å²) in [5.41, 5.74) is 9.20. The first-order valence-electron chi connectivity index (χ1n) is 9.52. The quantitative estimate of drug-likeness (QED) is 0.728. The van der Waals surface area contributed by atoms with Gasteiger partial charge in [0.2, 0.25) is 5.91 Å². The van der Waals surface area contributed by atoms with Crippen molar-refractivity contribution >= 4 is 36.4 Å². The van der Waals surface area contributed by atoms with E-state index < -0.39 is 6.04 Å². The molecule has 1 amide bonds. The van der Waals surface area contributed by atoms with E-state index in [-0.39, 0.29) is 30.7 Å². The first-order chi connectivity index (χ1) is 12.6. The molecule has 0 aliphatic carbocycles. The van der Waals surface area contributed by atoms with Gasteiger partial charge >= 0.3 is 0 Å². The maximum atomic E-state index is 12.3. The maximum Gasteiger partial charge on any atom is 0.241 e. The first-order valence-corrected chi connectivity index (χ1v) is 9.52. The Labute approximate surface area is 180 Å². The van der Waals surface area contributed by atoms with E-state index in [2.05, 4.69) is 29.3 Å². The second-order valence-electron chi connectivity index (χ2n) is 7.44. The minimum Gasteiger partial charge on any atom is -0.325 e. The maximum absolute atomic E-state index is 12.3. The van der Waals surface area contributed by atoms with Gasteiger partial charge in [-0.05, 0) is 61.5 Å². The summed E-state index contributed by atoms with van der Waals surface area (Å²) in [6.07, 6.45) is 3.11. The summed E-state index contributed by atoms with van der Waals surface area (Å²) in [6, 6.07) is 17.4. The van der Waals surface area contributed by atoms with Crippen LogP contribution in [0, 0.1) is 5.92 Å². The van der Waals surface area contributed by atoms with Crippen molar-refractivity contribution in [3.63, 3.8) is 0 Å². The van der Waals surface area contributed by atoms with E-state index in [1.54, 1.807) is 0 Å². The van der Waals surface area contributed by atoms with Gasteiger partial charge in [-0.2, -0.15) is 0 Å². The summed E-state index contributed by atoms with van der Waals surface area (Å²) in [5, 5.41) is 2.92. The molecule has 0 spiro atoms. The highest BCUT2D eigenvalue weighted by Gasteiger charge is 2.16. The Balaban J connectivity index is 0.00000196. The third-order valence-electron chi connectivity index (χ3n) is 5.14. The number of halogens is 2. The molecule has 4 nitrogen and oxygen atoms in total. The fourth-order valence-corrected chi connectivity index (χ4v) is 3.37. The number of carbonyl (C=O) groups excluding carboxylic acids is 1. The van der Waals surface area contributed by atoms with Crippen molar-refractivity contribution in [2.45, 2.75) is 38.8 Å². The molecule has 2 aromatic carbocycles. The number of nitrogens with two attached hydrogens (primary N) is 1. The molecule has 3 N–H and O–H groups in total. The normalized spacial score (nSPS) is 15.8. The van der Waals surface area contributed by atoms with Crippen molar-refractivity contribution < 1.29 is 4.79 Å². The average Bonchev–Trinajstić information content (AvgIpc) is 2.66. The Morgan fingerprint density at radius 3 is 2.25 bits per heavy atom. The van der Waals surface area contributed by atoms with Crippen LogP contribution in [-0.2, 0) is 17.8 Å². The summed E-state index contributed by atoms with van der Waals surface area (Å²) >= 11 is 0. The van der Waals surface area contributed by atoms with Gasteiger partial charge in [0.05, 0.1) is 6.04 Å². The third-order valence-corrected chi connectivity index (χ3v) is 5.14. The van der Waals surface area contributed by atoms with Gasteiger partial charge in [-0.1, -0.05) is 49.4 Å². The van der Waals surface area contributed by atoms with Crippen molar-refractivity contribution in [3.05, 3.63) is 65.7 Å². The number of nitrogens with one attached hydrogen (secondary N) is 1. The number of likely N-dealkylation sites (tertiary alicyclic amines) is 1. The predicted molar refractivity (Wildman–Crippen MR) is 121 cm³/mol. The van der Waals surface area contributed by atoms with Crippen LogP contribution in [0.3, 0.4) is 0 Å². The molecular weight excluding hydrogens is 393 g/mol. The van der Waals surface area contributed by atoms with Crippen molar-refractivity contribution in [3.8, 4) is 0 Å². The number of piperidine rings is 1. The molecule has 0 saturated carbocycles. The highest BCUT2D eigenvalue weighted by Crippen LogP contribution is 2.19. The van der Waals surface area contributed by atoms with Gasteiger partial charge in [0.1, 0.15) is 0 Å². The Kier molecular flexibility index (Phi) is 10.5. The number of rotatable bonds is 6. The molecule has 154 valence electrons. The third kappa shape index (κ3) is 7.44. The molecule has 1 atom stereocenters. The second-order valence-corrected chi connectivity index (χ2v) is 7.44. The number of hydrogen-bond donors (Lipinski definition) is 2. The van der Waals surface area contributed by atoms with Crippen LogP contribution in [-0.4, -0.2) is 29.9 Å². The van der Waals surface area contributed by atoms with Crippen molar-refractivity contribution in [2.24, 2.45) is 11.7 Å². The summed E-state index contributed by atoms with van der Waals surface area (Å²) in [5.74, 6) is 0.704. The number of hydrogen-bond acceptors (Lipinski definition) is 3. The fourth-order valence-electron chi connectivity index (χ4n) is 3.37. The Hall–Kier alpha value is -1.59. The lowest BCUT2D eigenvalue weighted by molar-refractivity contribution is -0.117. The molecule has 1 unspecified atom stereocenters. The van der Waals surface area contributed by atoms with E-state index in [0.717, 1.165) is 23.7 Å². The van der Waals surface area contributed by atoms with Crippen LogP contribution in [0.1, 0.15) is 30.9 Å². The molecule has 6 heteroatoms. The molecule has 1 aliphatic heterocycles. The lowest BCUT2D eigenvalue weighted by Gasteiger charge is -2.30. The molecule has 1 fully saturated rings. The molecule has 1 saturated heterocycles. The summed E-state index contributed by atoms with van der Waals surface area (Å²) < 4.78 is 0. The molecule has 0 bridgehead atoms. The Bertz CT molecular complexity index is 701. The first kappa shape index (κ1) is 24.4. The van der Waals surface area contributed by atoms with E-state index in [9.17, 15) is 4.79 Å². The van der Waals surface area contributed by atoms with E-state index >= 15 is 0 Å². The molecular formula is C22H31Cl2N3O. The number of anilines is 1. The van der Waals surface area contributed by atoms with Crippen LogP contribution in [0.25, 0.3) is 0 Å². The summed E-state index contributed by atoms with van der Waals surface area (Å²) in [4.78, 5) is 14.8. The van der Waals surface area contributed by atoms with E-state index in [4.69, 9.17) is 5.73 Å². The molecule has 0 radical (unpaired) electrons. The standard InChI is InChI=1S/C22H29N3O.2ClH/c1-17-11-13-25(14-12-17)16-19-7-9-20(10-8-19)24-22(26)21(23)15-18-5-3-2-4-6-18;;/h2-10,17,21H,11-16,23H2,1H3,(H,24,26);2*1H. The molecule has 3 rings (SSSR count). The van der Waals surface area contributed by atoms with Gasteiger partial charge in [0.25, 0.3) is 0 Å². The lowest BCUT2D eigenvalue weighted by atomic mass is 9.99. The zero-order valence-corrected chi connectivity index (χ0v) is 18.0. The van der Waals surface area contributed by atoms with Crippen LogP contribution in [0.2, 0.25) is 0 Å². The highest BCUT2D eigenvalue weighted by molar-refractivity contribution is 5.94. The smallest absolute Gasteiger partial charge is 0.241 e. The van der Waals surface area contributed by atoms with Gasteiger partial charge in [-0.3, -0.25) is 9.69 Å².